The van der Waals surface area contributed by atoms with E-state index in [2.05, 4.69) is 15.9 Å². The van der Waals surface area contributed by atoms with Crippen molar-refractivity contribution in [1.82, 2.24) is 0 Å². The number of nitrogens with zero attached hydrogens (tertiary/aromatic N) is 1. The van der Waals surface area contributed by atoms with Crippen molar-refractivity contribution in [2.75, 3.05) is 39.6 Å². The molecule has 0 aliphatic carbocycles. The van der Waals surface area contributed by atoms with Crippen LogP contribution in [0.5, 0.6) is 0 Å². The molecular weight excluding hydrogens is 398 g/mol. The molecule has 0 spiro atoms. The molecule has 0 aromatic heterocycles. The minimum absolute atomic E-state index is 0.0108. The summed E-state index contributed by atoms with van der Waals surface area (Å²) in [6.07, 6.45) is 0. The third-order valence-electron chi connectivity index (χ3n) is 3.49. The van der Waals surface area contributed by atoms with E-state index in [-0.39, 0.29) is 30.2 Å². The lowest BCUT2D eigenvalue weighted by Gasteiger charge is -2.32. The number of carbonyl (C=O) groups excluding carboxylic acids is 3. The number of methoxy groups -OCH3 is 3. The number of benzene rings is 1. The van der Waals surface area contributed by atoms with Crippen LogP contribution < -0.4 is 4.90 Å². The molecule has 0 saturated carbocycles. The first kappa shape index (κ1) is 18.9. The van der Waals surface area contributed by atoms with Gasteiger partial charge in [0.1, 0.15) is 12.4 Å². The topological polar surface area (TPSA) is 91.4 Å². The molecule has 8 nitrogen and oxygen atoms in total. The average molecular weight is 414 g/mol. The van der Waals surface area contributed by atoms with Crippen LogP contribution in [0.1, 0.15) is 10.4 Å². The van der Waals surface area contributed by atoms with Crippen LogP contribution in [0.2, 0.25) is 0 Å². The highest BCUT2D eigenvalue weighted by Gasteiger charge is 2.33. The van der Waals surface area contributed by atoms with E-state index in [1.807, 2.05) is 0 Å². The largest absolute Gasteiger partial charge is 0.466 e. The maximum Gasteiger partial charge on any atom is 0.355 e. The first-order valence-electron chi connectivity index (χ1n) is 7.07. The van der Waals surface area contributed by atoms with E-state index in [1.54, 1.807) is 12.1 Å². The Labute approximate surface area is 152 Å². The Balaban J connectivity index is 2.61. The minimum Gasteiger partial charge on any atom is -0.466 e. The Kier molecular flexibility index (Phi) is 6.16. The number of ether oxygens (including phenoxy) is 4. The fourth-order valence-corrected chi connectivity index (χ4v) is 2.76. The molecule has 1 aromatic rings. The molecule has 0 unspecified atom stereocenters. The van der Waals surface area contributed by atoms with Gasteiger partial charge in [0, 0.05) is 4.47 Å². The quantitative estimate of drug-likeness (QED) is 0.543. The van der Waals surface area contributed by atoms with Gasteiger partial charge >= 0.3 is 17.9 Å². The lowest BCUT2D eigenvalue weighted by Crippen LogP contribution is -2.39. The van der Waals surface area contributed by atoms with Crippen molar-refractivity contribution < 1.29 is 33.3 Å². The Bertz CT molecular complexity index is 744. The molecule has 1 heterocycles. The highest BCUT2D eigenvalue weighted by molar-refractivity contribution is 9.10. The molecule has 0 amide bonds. The van der Waals surface area contributed by atoms with Crippen LogP contribution in [0.4, 0.5) is 5.69 Å². The van der Waals surface area contributed by atoms with Crippen LogP contribution in [0.25, 0.3) is 0 Å². The fraction of sp³-hybridized carbons (Fsp3) is 0.312. The van der Waals surface area contributed by atoms with Crippen LogP contribution in [0.15, 0.2) is 33.9 Å². The number of rotatable bonds is 4. The van der Waals surface area contributed by atoms with Gasteiger partial charge in [-0.15, -0.1) is 0 Å². The van der Waals surface area contributed by atoms with Gasteiger partial charge < -0.3 is 23.8 Å². The smallest absolute Gasteiger partial charge is 0.355 e. The van der Waals surface area contributed by atoms with Crippen molar-refractivity contribution in [1.29, 1.82) is 0 Å². The SMILES string of the molecule is COC(=O)C1=C(C(=O)OC)N(c2cc(C(=O)OC)ccc2Br)COC1. The molecule has 1 aromatic carbocycles. The van der Waals surface area contributed by atoms with Crippen LogP contribution in [0, 0.1) is 0 Å². The highest BCUT2D eigenvalue weighted by Crippen LogP contribution is 2.33. The van der Waals surface area contributed by atoms with Crippen molar-refractivity contribution in [3.05, 3.63) is 39.5 Å². The maximum atomic E-state index is 12.3. The molecule has 0 N–H and O–H groups in total. The van der Waals surface area contributed by atoms with Crippen LogP contribution in [0.3, 0.4) is 0 Å². The molecule has 0 atom stereocenters. The summed E-state index contributed by atoms with van der Waals surface area (Å²) in [7, 11) is 3.68. The Hall–Kier alpha value is -2.39. The van der Waals surface area contributed by atoms with Crippen LogP contribution >= 0.6 is 15.9 Å². The number of esters is 3. The lowest BCUT2D eigenvalue weighted by atomic mass is 10.1. The summed E-state index contributed by atoms with van der Waals surface area (Å²) in [5.74, 6) is -1.96. The summed E-state index contributed by atoms with van der Waals surface area (Å²) in [6, 6.07) is 4.71. The number of anilines is 1. The fourth-order valence-electron chi connectivity index (χ4n) is 2.30. The second kappa shape index (κ2) is 8.13. The normalized spacial score (nSPS) is 14.2. The first-order chi connectivity index (χ1) is 11.9. The van der Waals surface area contributed by atoms with Crippen molar-refractivity contribution in [3.63, 3.8) is 0 Å². The number of hydrogen-bond acceptors (Lipinski definition) is 8. The minimum atomic E-state index is -0.723. The van der Waals surface area contributed by atoms with E-state index in [0.717, 1.165) is 0 Å². The molecule has 1 aliphatic heterocycles. The second-order valence-corrected chi connectivity index (χ2v) is 5.73. The van der Waals surface area contributed by atoms with Gasteiger partial charge in [0.15, 0.2) is 0 Å². The average Bonchev–Trinajstić information content (AvgIpc) is 2.65. The summed E-state index contributed by atoms with van der Waals surface area (Å²) < 4.78 is 20.2. The first-order valence-corrected chi connectivity index (χ1v) is 7.86. The maximum absolute atomic E-state index is 12.3. The molecular formula is C16H16BrNO7. The van der Waals surface area contributed by atoms with Gasteiger partial charge in [0.25, 0.3) is 0 Å². The summed E-state index contributed by atoms with van der Waals surface area (Å²) in [4.78, 5) is 37.5. The van der Waals surface area contributed by atoms with Crippen LogP contribution in [-0.2, 0) is 28.5 Å². The lowest BCUT2D eigenvalue weighted by molar-refractivity contribution is -0.140. The molecule has 0 saturated heterocycles. The van der Waals surface area contributed by atoms with E-state index in [4.69, 9.17) is 18.9 Å². The molecule has 0 bridgehead atoms. The van der Waals surface area contributed by atoms with Crippen molar-refractivity contribution in [2.24, 2.45) is 0 Å². The summed E-state index contributed by atoms with van der Waals surface area (Å²) in [5.41, 5.74) is 0.721. The zero-order valence-corrected chi connectivity index (χ0v) is 15.4. The number of halogens is 1. The Morgan fingerprint density at radius 2 is 1.68 bits per heavy atom. The van der Waals surface area contributed by atoms with Gasteiger partial charge in [-0.25, -0.2) is 14.4 Å². The second-order valence-electron chi connectivity index (χ2n) is 4.87. The molecule has 2 rings (SSSR count). The monoisotopic (exact) mass is 413 g/mol. The van der Waals surface area contributed by atoms with Gasteiger partial charge in [0.05, 0.1) is 44.8 Å². The zero-order chi connectivity index (χ0) is 18.6. The molecule has 9 heteroatoms. The van der Waals surface area contributed by atoms with Gasteiger partial charge in [-0.2, -0.15) is 0 Å². The number of carbonyl (C=O) groups is 3. The van der Waals surface area contributed by atoms with Crippen molar-refractivity contribution in [2.45, 2.75) is 0 Å². The third-order valence-corrected chi connectivity index (χ3v) is 4.16. The van der Waals surface area contributed by atoms with E-state index in [9.17, 15) is 14.4 Å². The van der Waals surface area contributed by atoms with E-state index in [0.29, 0.717) is 10.2 Å². The Morgan fingerprint density at radius 3 is 2.28 bits per heavy atom. The predicted octanol–water partition coefficient (Wildman–Crippen LogP) is 1.63. The van der Waals surface area contributed by atoms with Crippen molar-refractivity contribution in [3.8, 4) is 0 Å². The summed E-state index contributed by atoms with van der Waals surface area (Å²) in [6.45, 7) is -0.115. The van der Waals surface area contributed by atoms with Gasteiger partial charge in [-0.1, -0.05) is 0 Å². The standard InChI is InChI=1S/C16H16BrNO7/c1-22-14(19)9-4-5-11(17)12(6-9)18-8-25-7-10(15(20)23-2)13(18)16(21)24-3/h4-6H,7-8H2,1-3H3. The summed E-state index contributed by atoms with van der Waals surface area (Å²) >= 11 is 3.37. The third kappa shape index (κ3) is 3.83. The predicted molar refractivity (Wildman–Crippen MR) is 89.8 cm³/mol. The Morgan fingerprint density at radius 1 is 1.04 bits per heavy atom. The van der Waals surface area contributed by atoms with E-state index in [1.165, 1.54) is 32.3 Å². The van der Waals surface area contributed by atoms with Gasteiger partial charge in [-0.05, 0) is 34.1 Å². The van der Waals surface area contributed by atoms with E-state index < -0.39 is 17.9 Å². The molecule has 1 aliphatic rings. The summed E-state index contributed by atoms with van der Waals surface area (Å²) in [5, 5.41) is 0. The van der Waals surface area contributed by atoms with Crippen molar-refractivity contribution >= 4 is 39.5 Å². The highest BCUT2D eigenvalue weighted by atomic mass is 79.9. The molecule has 134 valence electrons. The van der Waals surface area contributed by atoms with Crippen LogP contribution in [-0.4, -0.2) is 52.6 Å². The van der Waals surface area contributed by atoms with Gasteiger partial charge in [0.2, 0.25) is 0 Å². The zero-order valence-electron chi connectivity index (χ0n) is 13.8. The molecule has 0 radical (unpaired) electrons. The van der Waals surface area contributed by atoms with E-state index >= 15 is 0 Å². The molecule has 0 fully saturated rings. The number of hydrogen-bond donors (Lipinski definition) is 0. The van der Waals surface area contributed by atoms with Gasteiger partial charge in [-0.3, -0.25) is 0 Å². The molecule has 25 heavy (non-hydrogen) atoms.